The topological polar surface area (TPSA) is 108 Å². The van der Waals surface area contributed by atoms with Gasteiger partial charge in [-0.1, -0.05) is 52.0 Å². The number of ketones is 1. The number of fused-ring (bicyclic) bond motifs is 1. The van der Waals surface area contributed by atoms with Gasteiger partial charge in [0.15, 0.2) is 0 Å². The van der Waals surface area contributed by atoms with E-state index in [1.165, 1.54) is 11.8 Å². The Morgan fingerprint density at radius 3 is 2.65 bits per heavy atom. The van der Waals surface area contributed by atoms with Gasteiger partial charge in [0.1, 0.15) is 17.6 Å². The second kappa shape index (κ2) is 11.4. The summed E-state index contributed by atoms with van der Waals surface area (Å²) in [6.07, 6.45) is 4.16. The molecule has 0 radical (unpaired) electrons. The number of Topliss-reactive ketones (excluding diaryl/α,β-unsaturated/α-hetero) is 1. The van der Waals surface area contributed by atoms with Crippen LogP contribution in [-0.4, -0.2) is 57.0 Å². The molecule has 1 unspecified atom stereocenters. The summed E-state index contributed by atoms with van der Waals surface area (Å²) in [5, 5.41) is 15.7. The van der Waals surface area contributed by atoms with Crippen LogP contribution in [0.5, 0.6) is 0 Å². The van der Waals surface area contributed by atoms with Crippen molar-refractivity contribution in [3.8, 4) is 0 Å². The summed E-state index contributed by atoms with van der Waals surface area (Å²) in [6, 6.07) is 9.59. The summed E-state index contributed by atoms with van der Waals surface area (Å²) in [6.45, 7) is 16.9. The molecule has 1 heterocycles. The SMILES string of the molecule is C=C[C@]1(C)C[C@@H](OC(=O)CSC(C)(C)CNC(=O)c2cc3ccccc3[nH]2)[C@]2(C)[C@H](C)CCC3(CCC(=O)[C@H]32)[C@@H](C)[C@@H]1O. The van der Waals surface area contributed by atoms with Crippen molar-refractivity contribution in [3.05, 3.63) is 48.7 Å². The van der Waals surface area contributed by atoms with Gasteiger partial charge >= 0.3 is 5.97 Å². The van der Waals surface area contributed by atoms with Crippen LogP contribution in [0.2, 0.25) is 0 Å². The van der Waals surface area contributed by atoms with Gasteiger partial charge in [-0.15, -0.1) is 18.3 Å². The molecule has 1 aromatic heterocycles. The van der Waals surface area contributed by atoms with E-state index in [4.69, 9.17) is 4.74 Å². The Kier molecular flexibility index (Phi) is 8.44. The predicted molar refractivity (Wildman–Crippen MR) is 172 cm³/mol. The van der Waals surface area contributed by atoms with E-state index < -0.39 is 27.8 Å². The van der Waals surface area contributed by atoms with Crippen molar-refractivity contribution in [2.45, 2.75) is 90.6 Å². The normalized spacial score (nSPS) is 36.0. The molecule has 2 bridgehead atoms. The minimum absolute atomic E-state index is 0.0636. The predicted octanol–water partition coefficient (Wildman–Crippen LogP) is 6.32. The molecule has 0 aliphatic heterocycles. The molecule has 8 heteroatoms. The molecule has 5 rings (SSSR count). The molecule has 3 fully saturated rings. The molecule has 3 N–H and O–H groups in total. The minimum Gasteiger partial charge on any atom is -0.461 e. The molecule has 2 aromatic rings. The largest absolute Gasteiger partial charge is 0.461 e. The van der Waals surface area contributed by atoms with E-state index in [1.54, 1.807) is 0 Å². The zero-order valence-corrected chi connectivity index (χ0v) is 27.3. The van der Waals surface area contributed by atoms with Crippen molar-refractivity contribution in [1.82, 2.24) is 10.3 Å². The summed E-state index contributed by atoms with van der Waals surface area (Å²) in [5.74, 6) is -0.291. The van der Waals surface area contributed by atoms with Gasteiger partial charge in [-0.3, -0.25) is 14.4 Å². The highest BCUT2D eigenvalue weighted by molar-refractivity contribution is 8.01. The average Bonchev–Trinajstić information content (AvgIpc) is 3.57. The highest BCUT2D eigenvalue weighted by Crippen LogP contribution is 2.68. The molecule has 1 amide bonds. The number of para-hydroxylation sites is 1. The maximum atomic E-state index is 13.6. The first-order chi connectivity index (χ1) is 20.2. The lowest BCUT2D eigenvalue weighted by Gasteiger charge is -2.61. The number of carbonyl (C=O) groups is 3. The highest BCUT2D eigenvalue weighted by atomic mass is 32.2. The van der Waals surface area contributed by atoms with Crippen LogP contribution < -0.4 is 5.32 Å². The first-order valence-corrected chi connectivity index (χ1v) is 16.7. The van der Waals surface area contributed by atoms with E-state index in [-0.39, 0.29) is 46.6 Å². The molecule has 3 aliphatic carbocycles. The number of rotatable bonds is 8. The van der Waals surface area contributed by atoms with E-state index >= 15 is 0 Å². The smallest absolute Gasteiger partial charge is 0.316 e. The van der Waals surface area contributed by atoms with Crippen molar-refractivity contribution in [1.29, 1.82) is 0 Å². The number of hydrogen-bond donors (Lipinski definition) is 3. The number of aliphatic hydroxyl groups is 1. The summed E-state index contributed by atoms with van der Waals surface area (Å²) < 4.78 is 5.95. The number of aromatic amines is 1. The summed E-state index contributed by atoms with van der Waals surface area (Å²) >= 11 is 1.44. The fourth-order valence-electron chi connectivity index (χ4n) is 8.58. The molecular formula is C35H48N2O5S. The van der Waals surface area contributed by atoms with Crippen molar-refractivity contribution >= 4 is 40.3 Å². The van der Waals surface area contributed by atoms with Gasteiger partial charge in [0, 0.05) is 45.4 Å². The van der Waals surface area contributed by atoms with Crippen LogP contribution in [-0.2, 0) is 14.3 Å². The van der Waals surface area contributed by atoms with Crippen LogP contribution in [0.15, 0.2) is 43.0 Å². The third kappa shape index (κ3) is 5.47. The number of carbonyl (C=O) groups excluding carboxylic acids is 3. The van der Waals surface area contributed by atoms with Gasteiger partial charge in [-0.25, -0.2) is 0 Å². The van der Waals surface area contributed by atoms with Gasteiger partial charge in [-0.2, -0.15) is 0 Å². The van der Waals surface area contributed by atoms with Gasteiger partial charge in [0.05, 0.1) is 11.9 Å². The molecule has 3 aliphatic rings. The van der Waals surface area contributed by atoms with Crippen molar-refractivity contribution in [3.63, 3.8) is 0 Å². The third-order valence-corrected chi connectivity index (χ3v) is 12.9. The first-order valence-electron chi connectivity index (χ1n) is 15.7. The number of H-pyrrole nitrogens is 1. The molecule has 8 atom stereocenters. The Hall–Kier alpha value is -2.58. The zero-order valence-electron chi connectivity index (χ0n) is 26.5. The van der Waals surface area contributed by atoms with Crippen LogP contribution in [0.4, 0.5) is 0 Å². The van der Waals surface area contributed by atoms with E-state index in [2.05, 4.69) is 37.7 Å². The second-order valence-electron chi connectivity index (χ2n) is 14.6. The maximum Gasteiger partial charge on any atom is 0.316 e. The van der Waals surface area contributed by atoms with Crippen LogP contribution >= 0.6 is 11.8 Å². The molecule has 1 aromatic carbocycles. The zero-order chi connectivity index (χ0) is 31.4. The number of esters is 1. The van der Waals surface area contributed by atoms with Crippen molar-refractivity contribution < 1.29 is 24.2 Å². The summed E-state index contributed by atoms with van der Waals surface area (Å²) in [5.41, 5.74) is -0.0860. The Bertz CT molecular complexity index is 1380. The van der Waals surface area contributed by atoms with Crippen molar-refractivity contribution in [2.75, 3.05) is 12.3 Å². The fourth-order valence-corrected chi connectivity index (χ4v) is 9.33. The maximum absolute atomic E-state index is 13.6. The summed E-state index contributed by atoms with van der Waals surface area (Å²) in [4.78, 5) is 43.1. The monoisotopic (exact) mass is 608 g/mol. The van der Waals surface area contributed by atoms with Crippen LogP contribution in [0.25, 0.3) is 10.9 Å². The lowest BCUT2D eigenvalue weighted by molar-refractivity contribution is -0.205. The van der Waals surface area contributed by atoms with Gasteiger partial charge < -0.3 is 20.1 Å². The van der Waals surface area contributed by atoms with E-state index in [9.17, 15) is 19.5 Å². The average molecular weight is 609 g/mol. The van der Waals surface area contributed by atoms with Crippen LogP contribution in [0.1, 0.15) is 84.1 Å². The molecule has 43 heavy (non-hydrogen) atoms. The standard InChI is InChI=1S/C35H48N2O5S/c1-8-33(6)18-27(34(7)21(2)13-15-35(22(3)30(33)40)16-14-26(38)29(34)35)42-28(39)19-43-32(4,5)20-36-31(41)25-17-23-11-9-10-12-24(23)37-25/h8-12,17,21-22,27,29-30,37,40H,1,13-16,18-20H2,2-7H3,(H,36,41)/t21-,22+,27-,29+,30+,33-,34+,35?/m1/s1. The molecule has 234 valence electrons. The van der Waals surface area contributed by atoms with E-state index in [0.717, 1.165) is 30.2 Å². The molecule has 7 nitrogen and oxygen atoms in total. The number of nitrogens with one attached hydrogen (secondary N) is 2. The van der Waals surface area contributed by atoms with Crippen LogP contribution in [0, 0.1) is 34.0 Å². The highest BCUT2D eigenvalue weighted by Gasteiger charge is 2.68. The number of hydrogen-bond acceptors (Lipinski definition) is 6. The minimum atomic E-state index is -0.688. The fraction of sp³-hybridized carbons (Fsp3) is 0.629. The van der Waals surface area contributed by atoms with E-state index in [0.29, 0.717) is 25.1 Å². The van der Waals surface area contributed by atoms with Gasteiger partial charge in [-0.05, 0) is 68.9 Å². The number of thioether (sulfide) groups is 1. The number of amides is 1. The van der Waals surface area contributed by atoms with E-state index in [1.807, 2.05) is 57.2 Å². The third-order valence-electron chi connectivity index (χ3n) is 11.6. The number of aliphatic hydroxyl groups excluding tert-OH is 1. The first kappa shape index (κ1) is 31.8. The number of benzene rings is 1. The summed E-state index contributed by atoms with van der Waals surface area (Å²) in [7, 11) is 0. The Labute approximate surface area is 260 Å². The Morgan fingerprint density at radius 1 is 1.23 bits per heavy atom. The lowest BCUT2D eigenvalue weighted by atomic mass is 9.44. The van der Waals surface area contributed by atoms with Gasteiger partial charge in [0.25, 0.3) is 5.91 Å². The molecular weight excluding hydrogens is 560 g/mol. The second-order valence-corrected chi connectivity index (χ2v) is 16.2. The lowest BCUT2D eigenvalue weighted by Crippen LogP contribution is -2.63. The van der Waals surface area contributed by atoms with Gasteiger partial charge in [0.2, 0.25) is 0 Å². The molecule has 0 spiro atoms. The Morgan fingerprint density at radius 2 is 1.95 bits per heavy atom. The molecule has 0 saturated heterocycles. The number of ether oxygens (including phenoxy) is 1. The van der Waals surface area contributed by atoms with Crippen molar-refractivity contribution in [2.24, 2.45) is 34.0 Å². The van der Waals surface area contributed by atoms with Crippen LogP contribution in [0.3, 0.4) is 0 Å². The Balaban J connectivity index is 1.29. The quantitative estimate of drug-likeness (QED) is 0.239. The number of aromatic nitrogens is 1. The molecule has 3 saturated carbocycles.